The number of hydrogen-bond donors (Lipinski definition) is 1. The quantitative estimate of drug-likeness (QED) is 0.675. The fourth-order valence-corrected chi connectivity index (χ4v) is 2.62. The largest absolute Gasteiger partial charge is 0.383 e. The van der Waals surface area contributed by atoms with Crippen molar-refractivity contribution in [2.45, 2.75) is 33.1 Å². The van der Waals surface area contributed by atoms with Crippen molar-refractivity contribution in [2.24, 2.45) is 5.41 Å². The molecule has 5 heteroatoms. The van der Waals surface area contributed by atoms with Gasteiger partial charge < -0.3 is 5.32 Å². The molecule has 2 nitrogen and oxygen atoms in total. The smallest absolute Gasteiger partial charge is 0.0720 e. The number of anilines is 1. The number of hydrogen-bond acceptors (Lipinski definition) is 2. The van der Waals surface area contributed by atoms with Gasteiger partial charge >= 0.3 is 0 Å². The lowest BCUT2D eigenvalue weighted by Gasteiger charge is -2.15. The van der Waals surface area contributed by atoms with Crippen LogP contribution in [-0.2, 0) is 0 Å². The Morgan fingerprint density at radius 2 is 1.74 bits per heavy atom. The van der Waals surface area contributed by atoms with Gasteiger partial charge in [0.1, 0.15) is 0 Å². The zero-order valence-corrected chi connectivity index (χ0v) is 13.3. The van der Waals surface area contributed by atoms with Crippen molar-refractivity contribution in [3.8, 4) is 6.07 Å². The second-order valence-electron chi connectivity index (χ2n) is 5.12. The lowest BCUT2D eigenvalue weighted by Crippen LogP contribution is -2.09. The van der Waals surface area contributed by atoms with Crippen molar-refractivity contribution in [1.29, 1.82) is 5.26 Å². The summed E-state index contributed by atoms with van der Waals surface area (Å²) in [7, 11) is 0. The van der Waals surface area contributed by atoms with Gasteiger partial charge in [-0.15, -0.1) is 0 Å². The topological polar surface area (TPSA) is 35.8 Å². The summed E-state index contributed by atoms with van der Waals surface area (Å²) in [6.45, 7) is 4.67. The Balaban J connectivity index is 2.41. The number of halogens is 3. The van der Waals surface area contributed by atoms with Crippen LogP contribution in [0, 0.1) is 16.7 Å². The Morgan fingerprint density at radius 1 is 1.16 bits per heavy atom. The molecule has 19 heavy (non-hydrogen) atoms. The van der Waals surface area contributed by atoms with Crippen molar-refractivity contribution in [3.63, 3.8) is 0 Å². The van der Waals surface area contributed by atoms with E-state index in [4.69, 9.17) is 40.1 Å². The maximum atomic E-state index is 8.91. The molecule has 0 aliphatic carbocycles. The molecule has 0 spiro atoms. The molecular weight excluding hydrogens is 303 g/mol. The molecule has 0 aliphatic heterocycles. The average Bonchev–Trinajstić information content (AvgIpc) is 2.31. The van der Waals surface area contributed by atoms with Crippen LogP contribution in [0.25, 0.3) is 0 Å². The van der Waals surface area contributed by atoms with Crippen molar-refractivity contribution in [3.05, 3.63) is 27.2 Å². The molecule has 0 bridgehead atoms. The van der Waals surface area contributed by atoms with Gasteiger partial charge in [0.25, 0.3) is 0 Å². The van der Waals surface area contributed by atoms with E-state index in [0.29, 0.717) is 20.8 Å². The highest BCUT2D eigenvalue weighted by Crippen LogP contribution is 2.33. The van der Waals surface area contributed by atoms with E-state index >= 15 is 0 Å². The second kappa shape index (κ2) is 7.24. The zero-order chi connectivity index (χ0) is 14.5. The fraction of sp³-hybridized carbons (Fsp3) is 0.500. The van der Waals surface area contributed by atoms with Gasteiger partial charge in [-0.05, 0) is 38.8 Å². The Morgan fingerprint density at radius 3 is 2.26 bits per heavy atom. The third-order valence-corrected chi connectivity index (χ3v) is 3.65. The number of nitrogens with zero attached hydrogens (tertiary/aromatic N) is 1. The maximum Gasteiger partial charge on any atom is 0.0720 e. The van der Waals surface area contributed by atoms with Crippen LogP contribution in [0.15, 0.2) is 12.1 Å². The van der Waals surface area contributed by atoms with E-state index in [-0.39, 0.29) is 5.41 Å². The average molecular weight is 320 g/mol. The molecule has 1 aromatic carbocycles. The van der Waals surface area contributed by atoms with Gasteiger partial charge in [-0.3, -0.25) is 0 Å². The number of nitriles is 1. The number of rotatable bonds is 6. The molecule has 0 amide bonds. The molecule has 0 radical (unpaired) electrons. The van der Waals surface area contributed by atoms with Gasteiger partial charge in [0.05, 0.1) is 27.2 Å². The molecular formula is C14H17Cl3N2. The molecule has 0 saturated carbocycles. The molecule has 0 fully saturated rings. The van der Waals surface area contributed by atoms with Gasteiger partial charge in [-0.1, -0.05) is 41.2 Å². The highest BCUT2D eigenvalue weighted by atomic mass is 35.5. The van der Waals surface area contributed by atoms with Crippen molar-refractivity contribution >= 4 is 40.5 Å². The summed E-state index contributed by atoms with van der Waals surface area (Å²) in [6, 6.07) is 5.62. The third kappa shape index (κ3) is 5.48. The summed E-state index contributed by atoms with van der Waals surface area (Å²) in [5, 5.41) is 13.7. The van der Waals surface area contributed by atoms with Gasteiger partial charge in [0.2, 0.25) is 0 Å². The first-order valence-electron chi connectivity index (χ1n) is 6.15. The summed E-state index contributed by atoms with van der Waals surface area (Å²) >= 11 is 18.0. The van der Waals surface area contributed by atoms with E-state index < -0.39 is 0 Å². The van der Waals surface area contributed by atoms with E-state index in [9.17, 15) is 0 Å². The van der Waals surface area contributed by atoms with E-state index in [1.54, 1.807) is 12.1 Å². The van der Waals surface area contributed by atoms with E-state index in [0.717, 1.165) is 25.8 Å². The SMILES string of the molecule is CC(C)(C#N)CCCCNc1c(Cl)cc(Cl)cc1Cl. The predicted octanol–water partition coefficient (Wildman–Crippen LogP) is 5.78. The predicted molar refractivity (Wildman–Crippen MR) is 83.2 cm³/mol. The highest BCUT2D eigenvalue weighted by Gasteiger charge is 2.15. The summed E-state index contributed by atoms with van der Waals surface area (Å²) in [4.78, 5) is 0. The standard InChI is InChI=1S/C14H17Cl3N2/c1-14(2,9-18)5-3-4-6-19-13-11(16)7-10(15)8-12(13)17/h7-8,19H,3-6H2,1-2H3. The zero-order valence-electron chi connectivity index (χ0n) is 11.1. The molecule has 0 aromatic heterocycles. The maximum absolute atomic E-state index is 8.91. The van der Waals surface area contributed by atoms with Gasteiger partial charge in [0, 0.05) is 11.6 Å². The number of benzene rings is 1. The van der Waals surface area contributed by atoms with Crippen LogP contribution < -0.4 is 5.32 Å². The molecule has 1 aromatic rings. The summed E-state index contributed by atoms with van der Waals surface area (Å²) in [6.07, 6.45) is 2.82. The first kappa shape index (κ1) is 16.4. The Bertz CT molecular complexity index is 455. The van der Waals surface area contributed by atoms with Crippen LogP contribution in [0.2, 0.25) is 15.1 Å². The van der Waals surface area contributed by atoms with Gasteiger partial charge in [-0.2, -0.15) is 5.26 Å². The number of nitrogens with one attached hydrogen (secondary N) is 1. The van der Waals surface area contributed by atoms with Crippen molar-refractivity contribution < 1.29 is 0 Å². The van der Waals surface area contributed by atoms with Crippen LogP contribution in [-0.4, -0.2) is 6.54 Å². The highest BCUT2D eigenvalue weighted by molar-refractivity contribution is 6.41. The lowest BCUT2D eigenvalue weighted by molar-refractivity contribution is 0.430. The number of unbranched alkanes of at least 4 members (excludes halogenated alkanes) is 1. The Kier molecular flexibility index (Phi) is 6.26. The molecule has 0 unspecified atom stereocenters. The molecule has 1 N–H and O–H groups in total. The Labute approximate surface area is 129 Å². The summed E-state index contributed by atoms with van der Waals surface area (Å²) in [5.41, 5.74) is 0.461. The lowest BCUT2D eigenvalue weighted by atomic mass is 9.89. The molecule has 0 heterocycles. The fourth-order valence-electron chi connectivity index (χ4n) is 1.67. The Hall–Kier alpha value is -0.620. The van der Waals surface area contributed by atoms with Crippen LogP contribution in [0.5, 0.6) is 0 Å². The third-order valence-electron chi connectivity index (χ3n) is 2.84. The molecule has 0 saturated heterocycles. The molecule has 0 atom stereocenters. The van der Waals surface area contributed by atoms with Crippen molar-refractivity contribution in [1.82, 2.24) is 0 Å². The van der Waals surface area contributed by atoms with Crippen LogP contribution in [0.3, 0.4) is 0 Å². The second-order valence-corrected chi connectivity index (χ2v) is 6.37. The minimum absolute atomic E-state index is 0.254. The van der Waals surface area contributed by atoms with Gasteiger partial charge in [0.15, 0.2) is 0 Å². The van der Waals surface area contributed by atoms with Crippen LogP contribution in [0.4, 0.5) is 5.69 Å². The minimum atomic E-state index is -0.254. The van der Waals surface area contributed by atoms with E-state index in [1.807, 2.05) is 13.8 Å². The first-order valence-corrected chi connectivity index (χ1v) is 7.29. The summed E-state index contributed by atoms with van der Waals surface area (Å²) in [5.74, 6) is 0. The molecule has 1 rings (SSSR count). The van der Waals surface area contributed by atoms with E-state index in [1.165, 1.54) is 0 Å². The van der Waals surface area contributed by atoms with E-state index in [2.05, 4.69) is 11.4 Å². The molecule has 0 aliphatic rings. The first-order chi connectivity index (χ1) is 8.85. The molecule has 104 valence electrons. The summed E-state index contributed by atoms with van der Waals surface area (Å²) < 4.78 is 0. The minimum Gasteiger partial charge on any atom is -0.383 e. The normalized spacial score (nSPS) is 11.2. The van der Waals surface area contributed by atoms with Crippen molar-refractivity contribution in [2.75, 3.05) is 11.9 Å². The van der Waals surface area contributed by atoms with Gasteiger partial charge in [-0.25, -0.2) is 0 Å². The monoisotopic (exact) mass is 318 g/mol. The van der Waals surface area contributed by atoms with Crippen LogP contribution in [0.1, 0.15) is 33.1 Å². The van der Waals surface area contributed by atoms with Crippen LogP contribution >= 0.6 is 34.8 Å².